The van der Waals surface area contributed by atoms with Gasteiger partial charge in [-0.1, -0.05) is 186 Å². The molecule has 0 aromatic heterocycles. The highest BCUT2D eigenvalue weighted by Crippen LogP contribution is 2.18. The highest BCUT2D eigenvalue weighted by atomic mass is 16.5. The molecule has 2 aromatic carbocycles. The van der Waals surface area contributed by atoms with Gasteiger partial charge in [-0.2, -0.15) is 0 Å². The molecule has 0 spiro atoms. The Morgan fingerprint density at radius 3 is 1.59 bits per heavy atom. The molecule has 59 heavy (non-hydrogen) atoms. The van der Waals surface area contributed by atoms with Crippen LogP contribution in [0.3, 0.4) is 0 Å². The van der Waals surface area contributed by atoms with E-state index in [1.54, 1.807) is 12.1 Å². The largest absolute Gasteiger partial charge is 0.508 e. The molecule has 0 aliphatic carbocycles. The molecule has 0 fully saturated rings. The molecule has 0 bridgehead atoms. The van der Waals surface area contributed by atoms with Crippen molar-refractivity contribution in [2.24, 2.45) is 11.8 Å². The minimum absolute atomic E-state index is 0.0252. The average molecular weight is 821 g/mol. The fourth-order valence-corrected chi connectivity index (χ4v) is 7.26. The van der Waals surface area contributed by atoms with Gasteiger partial charge >= 0.3 is 11.9 Å². The van der Waals surface area contributed by atoms with E-state index in [4.69, 9.17) is 9.47 Å². The minimum Gasteiger partial charge on any atom is -0.508 e. The number of esters is 2. The molecule has 0 radical (unpaired) electrons. The average Bonchev–Trinajstić information content (AvgIpc) is 3.20. The third-order valence-electron chi connectivity index (χ3n) is 10.8. The van der Waals surface area contributed by atoms with Gasteiger partial charge in [0.25, 0.3) is 0 Å². The molecule has 2 amide bonds. The van der Waals surface area contributed by atoms with E-state index in [-0.39, 0.29) is 43.6 Å². The second-order valence-electron chi connectivity index (χ2n) is 17.4. The number of phenols is 1. The predicted octanol–water partition coefficient (Wildman–Crippen LogP) is 11.5. The van der Waals surface area contributed by atoms with Gasteiger partial charge in [0.1, 0.15) is 24.5 Å². The quantitative estimate of drug-likeness (QED) is 0.0466. The number of hydrogen-bond acceptors (Lipinski definition) is 7. The fourth-order valence-electron chi connectivity index (χ4n) is 7.26. The first-order valence-electron chi connectivity index (χ1n) is 23.3. The maximum Gasteiger partial charge on any atom is 0.329 e. The molecule has 0 aliphatic heterocycles. The Labute approximate surface area is 357 Å². The molecule has 9 nitrogen and oxygen atoms in total. The molecule has 0 saturated heterocycles. The summed E-state index contributed by atoms with van der Waals surface area (Å²) in [5.74, 6) is -0.150. The Morgan fingerprint density at radius 1 is 0.576 bits per heavy atom. The van der Waals surface area contributed by atoms with Crippen LogP contribution in [0.2, 0.25) is 0 Å². The standard InChI is InChI=1S/C50H80N2O7/c1-40(2)26-20-15-11-7-5-9-13-17-24-30-45(59-49(56)31-25-18-14-10-6-8-12-16-21-27-41(3)4)37-47(54)51-38-48(55)52-46(36-42-32-34-44(53)35-33-42)50(57)58-39-43-28-22-19-23-29-43/h19,22-23,28-29,32-35,40-41,45-46,53H,5-18,20-21,24-27,30-31,36-39H2,1-4H3,(H,51,54)(H,52,55)/t45?,46-/m0/s1. The van der Waals surface area contributed by atoms with Crippen molar-refractivity contribution >= 4 is 23.8 Å². The van der Waals surface area contributed by atoms with Crippen LogP contribution in [-0.4, -0.2) is 47.6 Å². The Kier molecular flexibility index (Phi) is 28.6. The van der Waals surface area contributed by atoms with E-state index in [9.17, 15) is 24.3 Å². The maximum absolute atomic E-state index is 13.1. The van der Waals surface area contributed by atoms with Gasteiger partial charge in [0, 0.05) is 12.8 Å². The number of carbonyl (C=O) groups is 4. The third kappa shape index (κ3) is 28.3. The van der Waals surface area contributed by atoms with Crippen LogP contribution >= 0.6 is 0 Å². The second kappa shape index (κ2) is 32.9. The molecular weight excluding hydrogens is 741 g/mol. The number of ether oxygens (including phenoxy) is 2. The van der Waals surface area contributed by atoms with Crippen LogP contribution in [0.1, 0.15) is 187 Å². The fraction of sp³-hybridized carbons (Fsp3) is 0.680. The van der Waals surface area contributed by atoms with Gasteiger partial charge in [-0.05, 0) is 54.4 Å². The van der Waals surface area contributed by atoms with Gasteiger partial charge in [0.15, 0.2) is 0 Å². The SMILES string of the molecule is CC(C)CCCCCCCCCCCC(=O)OC(CCCCCCCCCCCC(C)C)CC(=O)NCC(=O)N[C@@H](Cc1ccc(O)cc1)C(=O)OCc1ccccc1. The zero-order valence-corrected chi connectivity index (χ0v) is 37.3. The molecule has 1 unspecified atom stereocenters. The first-order chi connectivity index (χ1) is 28.5. The second-order valence-corrected chi connectivity index (χ2v) is 17.4. The highest BCUT2D eigenvalue weighted by Gasteiger charge is 2.24. The van der Waals surface area contributed by atoms with Gasteiger partial charge in [-0.15, -0.1) is 0 Å². The van der Waals surface area contributed by atoms with Gasteiger partial charge in [0.05, 0.1) is 13.0 Å². The van der Waals surface area contributed by atoms with Gasteiger partial charge in [0.2, 0.25) is 11.8 Å². The van der Waals surface area contributed by atoms with Crippen LogP contribution in [0.5, 0.6) is 5.75 Å². The van der Waals surface area contributed by atoms with E-state index in [0.29, 0.717) is 12.8 Å². The van der Waals surface area contributed by atoms with Crippen LogP contribution in [0, 0.1) is 11.8 Å². The molecule has 2 atom stereocenters. The molecule has 2 rings (SSSR count). The van der Waals surface area contributed by atoms with Gasteiger partial charge in [-0.25, -0.2) is 4.79 Å². The lowest BCUT2D eigenvalue weighted by atomic mass is 10.0. The topological polar surface area (TPSA) is 131 Å². The highest BCUT2D eigenvalue weighted by molar-refractivity contribution is 5.88. The summed E-state index contributed by atoms with van der Waals surface area (Å²) in [4.78, 5) is 52.3. The lowest BCUT2D eigenvalue weighted by Gasteiger charge is -2.19. The van der Waals surface area contributed by atoms with Crippen molar-refractivity contribution in [2.75, 3.05) is 6.54 Å². The predicted molar refractivity (Wildman–Crippen MR) is 239 cm³/mol. The summed E-state index contributed by atoms with van der Waals surface area (Å²) in [5.41, 5.74) is 1.54. The van der Waals surface area contributed by atoms with E-state index >= 15 is 0 Å². The number of rotatable bonds is 35. The zero-order chi connectivity index (χ0) is 42.9. The first-order valence-corrected chi connectivity index (χ1v) is 23.3. The smallest absolute Gasteiger partial charge is 0.329 e. The van der Waals surface area contributed by atoms with Crippen molar-refractivity contribution in [1.82, 2.24) is 10.6 Å². The van der Waals surface area contributed by atoms with Crippen molar-refractivity contribution < 1.29 is 33.8 Å². The summed E-state index contributed by atoms with van der Waals surface area (Å²) < 4.78 is 11.4. The minimum atomic E-state index is -1.01. The number of amides is 2. The summed E-state index contributed by atoms with van der Waals surface area (Å²) in [6.45, 7) is 8.84. The molecule has 0 saturated carbocycles. The number of benzene rings is 2. The van der Waals surface area contributed by atoms with Gasteiger partial charge < -0.3 is 25.2 Å². The van der Waals surface area contributed by atoms with Crippen LogP contribution in [0.4, 0.5) is 0 Å². The number of nitrogens with one attached hydrogen (secondary N) is 2. The molecule has 0 aliphatic rings. The van der Waals surface area contributed by atoms with Crippen LogP contribution in [-0.2, 0) is 41.7 Å². The van der Waals surface area contributed by atoms with Crippen LogP contribution < -0.4 is 10.6 Å². The van der Waals surface area contributed by atoms with Crippen molar-refractivity contribution in [2.45, 2.75) is 201 Å². The first kappa shape index (κ1) is 51.3. The van der Waals surface area contributed by atoms with Crippen molar-refractivity contribution in [1.29, 1.82) is 0 Å². The van der Waals surface area contributed by atoms with E-state index in [1.165, 1.54) is 102 Å². The third-order valence-corrected chi connectivity index (χ3v) is 10.8. The zero-order valence-electron chi connectivity index (χ0n) is 37.3. The van der Waals surface area contributed by atoms with Crippen molar-refractivity contribution in [3.63, 3.8) is 0 Å². The molecule has 3 N–H and O–H groups in total. The summed E-state index contributed by atoms with van der Waals surface area (Å²) in [6, 6.07) is 14.6. The van der Waals surface area contributed by atoms with E-state index in [2.05, 4.69) is 38.3 Å². The lowest BCUT2D eigenvalue weighted by Crippen LogP contribution is -2.47. The number of carbonyl (C=O) groups excluding carboxylic acids is 4. The summed E-state index contributed by atoms with van der Waals surface area (Å²) in [6.07, 6.45) is 24.3. The molecule has 2 aromatic rings. The molecule has 332 valence electrons. The number of unbranched alkanes of at least 4 members (excludes halogenated alkanes) is 16. The summed E-state index contributed by atoms with van der Waals surface area (Å²) in [5, 5.41) is 15.1. The van der Waals surface area contributed by atoms with Crippen LogP contribution in [0.15, 0.2) is 54.6 Å². The molecular formula is C50H80N2O7. The number of hydrogen-bond donors (Lipinski definition) is 3. The normalized spacial score (nSPS) is 12.3. The summed E-state index contributed by atoms with van der Waals surface area (Å²) >= 11 is 0. The van der Waals surface area contributed by atoms with Crippen molar-refractivity contribution in [3.8, 4) is 5.75 Å². The van der Waals surface area contributed by atoms with E-state index in [1.807, 2.05) is 30.3 Å². The number of phenolic OH excluding ortho intramolecular Hbond substituents is 1. The maximum atomic E-state index is 13.1. The van der Waals surface area contributed by atoms with E-state index < -0.39 is 24.0 Å². The number of aromatic hydroxyl groups is 1. The van der Waals surface area contributed by atoms with Crippen LogP contribution in [0.25, 0.3) is 0 Å². The Balaban J connectivity index is 1.83. The Bertz CT molecular complexity index is 1400. The summed E-state index contributed by atoms with van der Waals surface area (Å²) in [7, 11) is 0. The molecule has 9 heteroatoms. The molecule has 0 heterocycles. The van der Waals surface area contributed by atoms with Crippen molar-refractivity contribution in [3.05, 3.63) is 65.7 Å². The monoisotopic (exact) mass is 821 g/mol. The van der Waals surface area contributed by atoms with Gasteiger partial charge in [-0.3, -0.25) is 14.4 Å². The lowest BCUT2D eigenvalue weighted by molar-refractivity contribution is -0.151. The Morgan fingerprint density at radius 2 is 1.07 bits per heavy atom. The van der Waals surface area contributed by atoms with E-state index in [0.717, 1.165) is 61.5 Å². The Hall–Kier alpha value is -3.88.